The molecule has 0 saturated heterocycles. The Labute approximate surface area is 135 Å². The van der Waals surface area contributed by atoms with Gasteiger partial charge in [-0.15, -0.1) is 0 Å². The van der Waals surface area contributed by atoms with Crippen molar-refractivity contribution >= 4 is 23.2 Å². The summed E-state index contributed by atoms with van der Waals surface area (Å²) in [6, 6.07) is 7.33. The standard InChI is InChI=1S/C17H20ClN3O/c1-11(2)9-14-12(3)20-21(13(14)4)17(22)10-19-16-8-6-5-7-15(16)18/h5-8,19H,1,9-10H2,2-4H3. The summed E-state index contributed by atoms with van der Waals surface area (Å²) in [6.45, 7) is 9.85. The molecule has 1 heterocycles. The van der Waals surface area contributed by atoms with Crippen LogP contribution in [0.5, 0.6) is 0 Å². The number of carbonyl (C=O) groups excluding carboxylic acids is 1. The molecule has 0 spiro atoms. The van der Waals surface area contributed by atoms with E-state index in [2.05, 4.69) is 17.0 Å². The zero-order valence-electron chi connectivity index (χ0n) is 13.1. The number of rotatable bonds is 5. The molecule has 5 heteroatoms. The van der Waals surface area contributed by atoms with Gasteiger partial charge in [0.15, 0.2) is 0 Å². The Morgan fingerprint density at radius 1 is 1.36 bits per heavy atom. The molecule has 0 aliphatic heterocycles. The van der Waals surface area contributed by atoms with E-state index < -0.39 is 0 Å². The van der Waals surface area contributed by atoms with Gasteiger partial charge in [-0.3, -0.25) is 4.79 Å². The van der Waals surface area contributed by atoms with Gasteiger partial charge in [0.05, 0.1) is 22.9 Å². The number of nitrogens with zero attached hydrogens (tertiary/aromatic N) is 2. The van der Waals surface area contributed by atoms with Gasteiger partial charge in [0.2, 0.25) is 0 Å². The molecular formula is C17H20ClN3O. The Bertz CT molecular complexity index is 719. The van der Waals surface area contributed by atoms with Crippen molar-refractivity contribution in [3.63, 3.8) is 0 Å². The zero-order chi connectivity index (χ0) is 16.3. The summed E-state index contributed by atoms with van der Waals surface area (Å²) in [4.78, 5) is 12.4. The number of hydrogen-bond acceptors (Lipinski definition) is 3. The van der Waals surface area contributed by atoms with Crippen molar-refractivity contribution in [3.05, 3.63) is 58.4 Å². The number of para-hydroxylation sites is 1. The lowest BCUT2D eigenvalue weighted by Crippen LogP contribution is -2.23. The van der Waals surface area contributed by atoms with Crippen LogP contribution in [0.1, 0.15) is 28.7 Å². The lowest BCUT2D eigenvalue weighted by molar-refractivity contribution is 0.0910. The van der Waals surface area contributed by atoms with E-state index >= 15 is 0 Å². The number of benzene rings is 1. The Kier molecular flexibility index (Phi) is 5.03. The van der Waals surface area contributed by atoms with Crippen LogP contribution in [-0.2, 0) is 6.42 Å². The highest BCUT2D eigenvalue weighted by Crippen LogP contribution is 2.20. The van der Waals surface area contributed by atoms with Gasteiger partial charge in [-0.05, 0) is 39.3 Å². The molecule has 4 nitrogen and oxygen atoms in total. The summed E-state index contributed by atoms with van der Waals surface area (Å²) in [6.07, 6.45) is 0.739. The number of hydrogen-bond donors (Lipinski definition) is 1. The Morgan fingerprint density at radius 2 is 2.05 bits per heavy atom. The summed E-state index contributed by atoms with van der Waals surface area (Å²) in [7, 11) is 0. The van der Waals surface area contributed by atoms with E-state index in [4.69, 9.17) is 11.6 Å². The van der Waals surface area contributed by atoms with Gasteiger partial charge in [0.1, 0.15) is 0 Å². The van der Waals surface area contributed by atoms with Crippen molar-refractivity contribution in [2.75, 3.05) is 11.9 Å². The van der Waals surface area contributed by atoms with E-state index in [0.29, 0.717) is 5.02 Å². The number of aromatic nitrogens is 2. The largest absolute Gasteiger partial charge is 0.375 e. The average Bonchev–Trinajstić information content (AvgIpc) is 2.74. The smallest absolute Gasteiger partial charge is 0.266 e. The Hall–Kier alpha value is -2.07. The predicted octanol–water partition coefficient (Wildman–Crippen LogP) is 4.02. The van der Waals surface area contributed by atoms with E-state index in [1.807, 2.05) is 39.0 Å². The van der Waals surface area contributed by atoms with Crippen LogP contribution < -0.4 is 5.32 Å². The van der Waals surface area contributed by atoms with E-state index in [-0.39, 0.29) is 12.5 Å². The molecule has 0 fully saturated rings. The minimum atomic E-state index is -0.117. The molecule has 0 aliphatic carbocycles. The average molecular weight is 318 g/mol. The van der Waals surface area contributed by atoms with Crippen LogP contribution in [-0.4, -0.2) is 22.2 Å². The quantitative estimate of drug-likeness (QED) is 0.847. The second-order valence-corrected chi connectivity index (χ2v) is 5.83. The number of halogens is 1. The molecule has 2 aromatic rings. The monoisotopic (exact) mass is 317 g/mol. The first-order valence-electron chi connectivity index (χ1n) is 7.11. The van der Waals surface area contributed by atoms with Crippen molar-refractivity contribution < 1.29 is 4.79 Å². The SMILES string of the molecule is C=C(C)Cc1c(C)nn(C(=O)CNc2ccccc2Cl)c1C. The molecule has 22 heavy (non-hydrogen) atoms. The summed E-state index contributed by atoms with van der Waals surface area (Å²) in [5.74, 6) is -0.117. The van der Waals surface area contributed by atoms with Crippen LogP contribution in [0, 0.1) is 13.8 Å². The fourth-order valence-electron chi connectivity index (χ4n) is 2.33. The van der Waals surface area contributed by atoms with Gasteiger partial charge in [0, 0.05) is 11.3 Å². The van der Waals surface area contributed by atoms with E-state index in [9.17, 15) is 4.79 Å². The van der Waals surface area contributed by atoms with Crippen LogP contribution in [0.25, 0.3) is 0 Å². The number of aryl methyl sites for hydroxylation is 1. The Morgan fingerprint density at radius 3 is 2.68 bits per heavy atom. The molecule has 1 aromatic carbocycles. The van der Waals surface area contributed by atoms with Gasteiger partial charge < -0.3 is 5.32 Å². The lowest BCUT2D eigenvalue weighted by atomic mass is 10.1. The van der Waals surface area contributed by atoms with E-state index in [1.54, 1.807) is 6.07 Å². The summed E-state index contributed by atoms with van der Waals surface area (Å²) < 4.78 is 1.46. The van der Waals surface area contributed by atoms with Crippen LogP contribution >= 0.6 is 11.6 Å². The predicted molar refractivity (Wildman–Crippen MR) is 90.8 cm³/mol. The highest BCUT2D eigenvalue weighted by atomic mass is 35.5. The van der Waals surface area contributed by atoms with Crippen molar-refractivity contribution in [1.29, 1.82) is 0 Å². The van der Waals surface area contributed by atoms with Crippen LogP contribution in [0.3, 0.4) is 0 Å². The number of allylic oxidation sites excluding steroid dienone is 1. The second-order valence-electron chi connectivity index (χ2n) is 5.42. The molecule has 0 amide bonds. The van der Waals surface area contributed by atoms with Gasteiger partial charge in [-0.2, -0.15) is 5.10 Å². The first-order chi connectivity index (χ1) is 10.4. The van der Waals surface area contributed by atoms with Crippen molar-refractivity contribution in [1.82, 2.24) is 9.78 Å². The van der Waals surface area contributed by atoms with Crippen LogP contribution in [0.2, 0.25) is 5.02 Å². The highest BCUT2D eigenvalue weighted by Gasteiger charge is 2.16. The highest BCUT2D eigenvalue weighted by molar-refractivity contribution is 6.33. The minimum absolute atomic E-state index is 0.117. The molecule has 1 aromatic heterocycles. The maximum absolute atomic E-state index is 12.4. The van der Waals surface area contributed by atoms with E-state index in [0.717, 1.165) is 34.6 Å². The molecule has 116 valence electrons. The van der Waals surface area contributed by atoms with Crippen molar-refractivity contribution in [2.24, 2.45) is 0 Å². The fraction of sp³-hybridized carbons (Fsp3) is 0.294. The van der Waals surface area contributed by atoms with Gasteiger partial charge >= 0.3 is 0 Å². The Balaban J connectivity index is 2.13. The van der Waals surface area contributed by atoms with Gasteiger partial charge in [0.25, 0.3) is 5.91 Å². The normalized spacial score (nSPS) is 10.5. The van der Waals surface area contributed by atoms with Crippen molar-refractivity contribution in [3.8, 4) is 0 Å². The molecule has 0 unspecified atom stereocenters. The molecule has 0 radical (unpaired) electrons. The number of anilines is 1. The zero-order valence-corrected chi connectivity index (χ0v) is 13.9. The van der Waals surface area contributed by atoms with Gasteiger partial charge in [-0.25, -0.2) is 4.68 Å². The van der Waals surface area contributed by atoms with Crippen LogP contribution in [0.4, 0.5) is 5.69 Å². The third-order valence-electron chi connectivity index (χ3n) is 3.46. The second kappa shape index (κ2) is 6.79. The van der Waals surface area contributed by atoms with Crippen molar-refractivity contribution in [2.45, 2.75) is 27.2 Å². The molecule has 0 aliphatic rings. The molecule has 0 saturated carbocycles. The molecular weight excluding hydrogens is 298 g/mol. The van der Waals surface area contributed by atoms with Gasteiger partial charge in [-0.1, -0.05) is 35.9 Å². The third-order valence-corrected chi connectivity index (χ3v) is 3.79. The molecule has 2 rings (SSSR count). The first kappa shape index (κ1) is 16.3. The number of nitrogens with one attached hydrogen (secondary N) is 1. The molecule has 1 N–H and O–H groups in total. The topological polar surface area (TPSA) is 46.9 Å². The fourth-order valence-corrected chi connectivity index (χ4v) is 2.53. The number of carbonyl (C=O) groups is 1. The third kappa shape index (κ3) is 3.57. The summed E-state index contributed by atoms with van der Waals surface area (Å²) in [5.41, 5.74) is 4.59. The maximum Gasteiger partial charge on any atom is 0.266 e. The molecule has 0 atom stereocenters. The summed E-state index contributed by atoms with van der Waals surface area (Å²) >= 11 is 6.07. The van der Waals surface area contributed by atoms with Crippen LogP contribution in [0.15, 0.2) is 36.4 Å². The molecule has 0 bridgehead atoms. The summed E-state index contributed by atoms with van der Waals surface area (Å²) in [5, 5.41) is 7.99. The maximum atomic E-state index is 12.4. The lowest BCUT2D eigenvalue weighted by Gasteiger charge is -2.08. The minimum Gasteiger partial charge on any atom is -0.375 e. The first-order valence-corrected chi connectivity index (χ1v) is 7.49. The van der Waals surface area contributed by atoms with E-state index in [1.165, 1.54) is 4.68 Å².